The number of aromatic nitrogens is 1. The zero-order valence-corrected chi connectivity index (χ0v) is 30.3. The van der Waals surface area contributed by atoms with Gasteiger partial charge in [0.15, 0.2) is 0 Å². The molecule has 2 heterocycles. The summed E-state index contributed by atoms with van der Waals surface area (Å²) in [6, 6.07) is 56.9. The summed E-state index contributed by atoms with van der Waals surface area (Å²) in [7, 11) is 0. The molecule has 0 atom stereocenters. The van der Waals surface area contributed by atoms with Gasteiger partial charge in [-0.25, -0.2) is 0 Å². The maximum absolute atomic E-state index is 2.42. The molecule has 0 radical (unpaired) electrons. The molecule has 49 heavy (non-hydrogen) atoms. The number of nitrogens with zero attached hydrogens (tertiary/aromatic N) is 3. The van der Waals surface area contributed by atoms with Gasteiger partial charge >= 0.3 is 0 Å². The Kier molecular flexibility index (Phi) is 10.8. The molecule has 0 fully saturated rings. The van der Waals surface area contributed by atoms with Crippen LogP contribution in [0.1, 0.15) is 47.6 Å². The summed E-state index contributed by atoms with van der Waals surface area (Å²) in [6.45, 7) is 13.4. The van der Waals surface area contributed by atoms with Crippen LogP contribution in [0.15, 0.2) is 168 Å². The van der Waals surface area contributed by atoms with Crippen LogP contribution >= 0.6 is 11.8 Å². The lowest BCUT2D eigenvalue weighted by molar-refractivity contribution is 0.642. The van der Waals surface area contributed by atoms with Crippen LogP contribution in [0, 0.1) is 0 Å². The third-order valence-electron chi connectivity index (χ3n) is 8.70. The molecule has 4 heteroatoms. The van der Waals surface area contributed by atoms with E-state index < -0.39 is 0 Å². The standard InChI is InChI=1S/C15H15NS.C15H15N.C15H17N/c1-11(2)16-12-7-3-5-9-14(12)17-15-10-6-4-8-13(15)16;1-11(2)16-14-9-5-3-7-12(14)13-8-4-6-10-15(13)16;1-13(2)16(14-9-5-3-6-10-14)15-11-7-4-8-12-15/h3-11H,1-2H3;3-11H,1-2H3;3-13H,1-2H3. The van der Waals surface area contributed by atoms with Gasteiger partial charge in [0, 0.05) is 61.1 Å². The molecule has 1 aromatic heterocycles. The van der Waals surface area contributed by atoms with Crippen molar-refractivity contribution >= 4 is 56.3 Å². The van der Waals surface area contributed by atoms with Crippen molar-refractivity contribution in [3.05, 3.63) is 158 Å². The van der Waals surface area contributed by atoms with Crippen molar-refractivity contribution < 1.29 is 0 Å². The predicted molar refractivity (Wildman–Crippen MR) is 214 cm³/mol. The molecule has 6 aromatic carbocycles. The first kappa shape index (κ1) is 34.0. The van der Waals surface area contributed by atoms with Gasteiger partial charge in [-0.3, -0.25) is 0 Å². The second kappa shape index (κ2) is 15.5. The van der Waals surface area contributed by atoms with Gasteiger partial charge < -0.3 is 14.4 Å². The predicted octanol–water partition coefficient (Wildman–Crippen LogP) is 13.3. The van der Waals surface area contributed by atoms with E-state index in [1.807, 2.05) is 23.9 Å². The maximum atomic E-state index is 2.42. The van der Waals surface area contributed by atoms with Crippen molar-refractivity contribution in [1.29, 1.82) is 0 Å². The molecule has 0 N–H and O–H groups in total. The Labute approximate surface area is 296 Å². The third-order valence-corrected chi connectivity index (χ3v) is 9.84. The number of rotatable bonds is 5. The van der Waals surface area contributed by atoms with Gasteiger partial charge in [-0.1, -0.05) is 109 Å². The van der Waals surface area contributed by atoms with E-state index in [0.717, 1.165) is 0 Å². The molecule has 1 aliphatic heterocycles. The topological polar surface area (TPSA) is 11.4 Å². The second-order valence-electron chi connectivity index (χ2n) is 13.1. The van der Waals surface area contributed by atoms with Crippen LogP contribution in [-0.4, -0.2) is 16.7 Å². The monoisotopic (exact) mass is 661 g/mol. The number of para-hydroxylation sites is 6. The van der Waals surface area contributed by atoms with Crippen LogP contribution < -0.4 is 9.80 Å². The number of benzene rings is 6. The highest BCUT2D eigenvalue weighted by atomic mass is 32.2. The van der Waals surface area contributed by atoms with Crippen LogP contribution in [0.2, 0.25) is 0 Å². The molecule has 0 unspecified atom stereocenters. The Bertz CT molecular complexity index is 1960. The van der Waals surface area contributed by atoms with Gasteiger partial charge in [-0.15, -0.1) is 0 Å². The molecule has 0 spiro atoms. The zero-order chi connectivity index (χ0) is 34.3. The molecule has 0 saturated carbocycles. The smallest absolute Gasteiger partial charge is 0.0555 e. The van der Waals surface area contributed by atoms with Crippen molar-refractivity contribution in [2.75, 3.05) is 9.80 Å². The Hall–Kier alpha value is -4.93. The average molecular weight is 662 g/mol. The summed E-state index contributed by atoms with van der Waals surface area (Å²) >= 11 is 1.86. The van der Waals surface area contributed by atoms with Crippen LogP contribution in [-0.2, 0) is 0 Å². The highest BCUT2D eigenvalue weighted by molar-refractivity contribution is 7.99. The fourth-order valence-corrected chi connectivity index (χ4v) is 7.79. The van der Waals surface area contributed by atoms with E-state index >= 15 is 0 Å². The lowest BCUT2D eigenvalue weighted by atomic mass is 10.2. The van der Waals surface area contributed by atoms with Gasteiger partial charge in [0.1, 0.15) is 0 Å². The van der Waals surface area contributed by atoms with Gasteiger partial charge in [0.2, 0.25) is 0 Å². The van der Waals surface area contributed by atoms with Crippen LogP contribution in [0.3, 0.4) is 0 Å². The molecule has 1 aliphatic rings. The van der Waals surface area contributed by atoms with Crippen LogP contribution in [0.4, 0.5) is 22.7 Å². The van der Waals surface area contributed by atoms with Gasteiger partial charge in [-0.05, 0) is 102 Å². The summed E-state index contributed by atoms with van der Waals surface area (Å²) < 4.78 is 2.41. The largest absolute Gasteiger partial charge is 0.339 e. The summed E-state index contributed by atoms with van der Waals surface area (Å²) in [5, 5.41) is 2.71. The lowest BCUT2D eigenvalue weighted by Crippen LogP contribution is -2.27. The van der Waals surface area contributed by atoms with E-state index in [9.17, 15) is 0 Å². The number of anilines is 4. The highest BCUT2D eigenvalue weighted by Gasteiger charge is 2.24. The average Bonchev–Trinajstić information content (AvgIpc) is 3.47. The van der Waals surface area contributed by atoms with E-state index in [-0.39, 0.29) is 0 Å². The van der Waals surface area contributed by atoms with Crippen molar-refractivity contribution in [1.82, 2.24) is 4.57 Å². The summed E-state index contributed by atoms with van der Waals surface area (Å²) in [6.07, 6.45) is 0. The van der Waals surface area contributed by atoms with E-state index in [1.165, 1.54) is 54.3 Å². The van der Waals surface area contributed by atoms with E-state index in [4.69, 9.17) is 0 Å². The minimum absolute atomic E-state index is 0.449. The Morgan fingerprint density at radius 1 is 0.429 bits per heavy atom. The summed E-state index contributed by atoms with van der Waals surface area (Å²) in [5.41, 5.74) is 7.79. The first-order chi connectivity index (χ1) is 23.8. The fourth-order valence-electron chi connectivity index (χ4n) is 6.72. The molecule has 0 amide bonds. The lowest BCUT2D eigenvalue weighted by Gasteiger charge is -2.35. The minimum atomic E-state index is 0.449. The zero-order valence-electron chi connectivity index (χ0n) is 29.5. The molecule has 0 aliphatic carbocycles. The van der Waals surface area contributed by atoms with Crippen molar-refractivity contribution in [2.24, 2.45) is 0 Å². The fraction of sp³-hybridized carbons (Fsp3) is 0.200. The van der Waals surface area contributed by atoms with Crippen molar-refractivity contribution in [3.8, 4) is 0 Å². The normalized spacial score (nSPS) is 11.9. The van der Waals surface area contributed by atoms with Gasteiger partial charge in [0.05, 0.1) is 11.4 Å². The Balaban J connectivity index is 0.000000128. The van der Waals surface area contributed by atoms with E-state index in [0.29, 0.717) is 18.1 Å². The molecule has 8 rings (SSSR count). The van der Waals surface area contributed by atoms with E-state index in [2.05, 4.69) is 202 Å². The summed E-state index contributed by atoms with van der Waals surface area (Å²) in [5.74, 6) is 0. The SMILES string of the molecule is CC(C)N(c1ccccc1)c1ccccc1.CC(C)N1c2ccccc2Sc2ccccc21.CC(C)n1c2ccccc2c2ccccc21. The highest BCUT2D eigenvalue weighted by Crippen LogP contribution is 2.48. The van der Waals surface area contributed by atoms with Crippen molar-refractivity contribution in [3.63, 3.8) is 0 Å². The van der Waals surface area contributed by atoms with Crippen LogP contribution in [0.25, 0.3) is 21.8 Å². The first-order valence-electron chi connectivity index (χ1n) is 17.4. The van der Waals surface area contributed by atoms with Gasteiger partial charge in [0.25, 0.3) is 0 Å². The maximum Gasteiger partial charge on any atom is 0.0555 e. The quantitative estimate of drug-likeness (QED) is 0.182. The van der Waals surface area contributed by atoms with Crippen molar-refractivity contribution in [2.45, 2.75) is 69.5 Å². The molecular weight excluding hydrogens is 615 g/mol. The Morgan fingerprint density at radius 3 is 1.22 bits per heavy atom. The first-order valence-corrected chi connectivity index (χ1v) is 18.2. The Morgan fingerprint density at radius 2 is 0.816 bits per heavy atom. The second-order valence-corrected chi connectivity index (χ2v) is 14.2. The number of fused-ring (bicyclic) bond motifs is 5. The third kappa shape index (κ3) is 7.40. The van der Waals surface area contributed by atoms with Gasteiger partial charge in [-0.2, -0.15) is 0 Å². The minimum Gasteiger partial charge on any atom is -0.339 e. The molecule has 248 valence electrons. The molecular formula is C45H47N3S. The van der Waals surface area contributed by atoms with E-state index in [1.54, 1.807) is 0 Å². The molecule has 0 saturated heterocycles. The molecule has 0 bridgehead atoms. The number of hydrogen-bond donors (Lipinski definition) is 0. The summed E-state index contributed by atoms with van der Waals surface area (Å²) in [4.78, 5) is 7.45. The molecule has 3 nitrogen and oxygen atoms in total. The molecule has 7 aromatic rings. The van der Waals surface area contributed by atoms with Crippen LogP contribution in [0.5, 0.6) is 0 Å². The number of hydrogen-bond acceptors (Lipinski definition) is 3.